The second kappa shape index (κ2) is 8.78. The summed E-state index contributed by atoms with van der Waals surface area (Å²) in [4.78, 5) is 11.6. The SMILES string of the molecule is COC(=O)C(CCCSC)NCC1CCCO1. The van der Waals surface area contributed by atoms with Crippen molar-refractivity contribution in [2.75, 3.05) is 32.3 Å². The Morgan fingerprint density at radius 1 is 1.65 bits per heavy atom. The molecule has 0 aliphatic carbocycles. The minimum absolute atomic E-state index is 0.163. The van der Waals surface area contributed by atoms with E-state index in [9.17, 15) is 4.79 Å². The summed E-state index contributed by atoms with van der Waals surface area (Å²) in [6, 6.07) is -0.184. The van der Waals surface area contributed by atoms with Crippen LogP contribution >= 0.6 is 11.8 Å². The van der Waals surface area contributed by atoms with Crippen molar-refractivity contribution in [3.8, 4) is 0 Å². The van der Waals surface area contributed by atoms with E-state index in [-0.39, 0.29) is 18.1 Å². The van der Waals surface area contributed by atoms with Crippen molar-refractivity contribution in [3.63, 3.8) is 0 Å². The van der Waals surface area contributed by atoms with Crippen LogP contribution in [-0.2, 0) is 14.3 Å². The van der Waals surface area contributed by atoms with Crippen molar-refractivity contribution in [1.29, 1.82) is 0 Å². The van der Waals surface area contributed by atoms with E-state index < -0.39 is 0 Å². The highest BCUT2D eigenvalue weighted by Crippen LogP contribution is 2.12. The van der Waals surface area contributed by atoms with Crippen molar-refractivity contribution in [1.82, 2.24) is 5.32 Å². The van der Waals surface area contributed by atoms with Crippen LogP contribution < -0.4 is 5.32 Å². The van der Waals surface area contributed by atoms with Crippen LogP contribution in [-0.4, -0.2) is 50.4 Å². The van der Waals surface area contributed by atoms with E-state index in [1.165, 1.54) is 7.11 Å². The van der Waals surface area contributed by atoms with E-state index in [2.05, 4.69) is 11.6 Å². The number of hydrogen-bond donors (Lipinski definition) is 1. The smallest absolute Gasteiger partial charge is 0.322 e. The maximum Gasteiger partial charge on any atom is 0.322 e. The fourth-order valence-corrected chi connectivity index (χ4v) is 2.41. The molecule has 0 aromatic heterocycles. The highest BCUT2D eigenvalue weighted by molar-refractivity contribution is 7.98. The summed E-state index contributed by atoms with van der Waals surface area (Å²) >= 11 is 1.80. The zero-order valence-corrected chi connectivity index (χ0v) is 11.6. The fourth-order valence-electron chi connectivity index (χ4n) is 1.96. The predicted octanol–water partition coefficient (Wildman–Crippen LogP) is 1.44. The van der Waals surface area contributed by atoms with E-state index in [1.807, 2.05) is 0 Å². The molecule has 1 fully saturated rings. The number of esters is 1. The summed E-state index contributed by atoms with van der Waals surface area (Å²) in [5, 5.41) is 3.26. The zero-order chi connectivity index (χ0) is 12.5. The molecule has 4 nitrogen and oxygen atoms in total. The molecule has 100 valence electrons. The summed E-state index contributed by atoms with van der Waals surface area (Å²) < 4.78 is 10.3. The van der Waals surface area contributed by atoms with E-state index in [4.69, 9.17) is 9.47 Å². The Morgan fingerprint density at radius 3 is 3.06 bits per heavy atom. The number of carbonyl (C=O) groups is 1. The molecule has 17 heavy (non-hydrogen) atoms. The molecular formula is C12H23NO3S. The van der Waals surface area contributed by atoms with Gasteiger partial charge in [-0.15, -0.1) is 0 Å². The number of rotatable bonds is 8. The summed E-state index contributed by atoms with van der Waals surface area (Å²) in [6.07, 6.45) is 6.42. The van der Waals surface area contributed by atoms with Gasteiger partial charge in [0.1, 0.15) is 6.04 Å². The standard InChI is InChI=1S/C12H23NO3S/c1-15-12(14)11(6-4-8-17-2)13-9-10-5-3-7-16-10/h10-11,13H,3-9H2,1-2H3. The van der Waals surface area contributed by atoms with Crippen molar-refractivity contribution in [3.05, 3.63) is 0 Å². The number of nitrogens with one attached hydrogen (secondary N) is 1. The maximum absolute atomic E-state index is 11.6. The first-order valence-corrected chi connectivity index (χ1v) is 7.59. The van der Waals surface area contributed by atoms with Gasteiger partial charge in [0, 0.05) is 13.2 Å². The van der Waals surface area contributed by atoms with Crippen molar-refractivity contribution in [2.24, 2.45) is 0 Å². The van der Waals surface area contributed by atoms with Gasteiger partial charge in [-0.2, -0.15) is 11.8 Å². The largest absolute Gasteiger partial charge is 0.468 e. The van der Waals surface area contributed by atoms with Gasteiger partial charge in [-0.3, -0.25) is 4.79 Å². The molecule has 0 aromatic carbocycles. The van der Waals surface area contributed by atoms with Gasteiger partial charge in [0.25, 0.3) is 0 Å². The lowest BCUT2D eigenvalue weighted by Gasteiger charge is -2.18. The lowest BCUT2D eigenvalue weighted by molar-refractivity contribution is -0.143. The molecule has 1 heterocycles. The van der Waals surface area contributed by atoms with E-state index >= 15 is 0 Å². The Hall–Kier alpha value is -0.260. The minimum Gasteiger partial charge on any atom is -0.468 e. The van der Waals surface area contributed by atoms with Crippen LogP contribution in [0.4, 0.5) is 0 Å². The van der Waals surface area contributed by atoms with Gasteiger partial charge >= 0.3 is 5.97 Å². The average Bonchev–Trinajstić information content (AvgIpc) is 2.85. The predicted molar refractivity (Wildman–Crippen MR) is 70.4 cm³/mol. The highest BCUT2D eigenvalue weighted by Gasteiger charge is 2.21. The Bertz CT molecular complexity index is 220. The molecule has 5 heteroatoms. The van der Waals surface area contributed by atoms with Crippen molar-refractivity contribution in [2.45, 2.75) is 37.8 Å². The van der Waals surface area contributed by atoms with Crippen molar-refractivity contribution < 1.29 is 14.3 Å². The molecule has 1 aliphatic heterocycles. The van der Waals surface area contributed by atoms with Crippen molar-refractivity contribution >= 4 is 17.7 Å². The fraction of sp³-hybridized carbons (Fsp3) is 0.917. The summed E-state index contributed by atoms with van der Waals surface area (Å²) in [5.74, 6) is 0.916. The molecule has 2 atom stereocenters. The third-order valence-corrected chi connectivity index (χ3v) is 3.64. The van der Waals surface area contributed by atoms with Gasteiger partial charge in [-0.25, -0.2) is 0 Å². The Balaban J connectivity index is 2.26. The molecule has 1 rings (SSSR count). The lowest BCUT2D eigenvalue weighted by Crippen LogP contribution is -2.41. The normalized spacial score (nSPS) is 21.4. The van der Waals surface area contributed by atoms with Crippen LogP contribution in [0.3, 0.4) is 0 Å². The van der Waals surface area contributed by atoms with Gasteiger partial charge in [0.05, 0.1) is 13.2 Å². The molecule has 1 saturated heterocycles. The number of hydrogen-bond acceptors (Lipinski definition) is 5. The first kappa shape index (κ1) is 14.8. The topological polar surface area (TPSA) is 47.6 Å². The van der Waals surface area contributed by atoms with E-state index in [0.29, 0.717) is 0 Å². The number of ether oxygens (including phenoxy) is 2. The minimum atomic E-state index is -0.184. The molecule has 0 bridgehead atoms. The van der Waals surface area contributed by atoms with Crippen LogP contribution in [0.5, 0.6) is 0 Å². The Labute approximate surface area is 108 Å². The molecule has 0 spiro atoms. The molecule has 0 aromatic rings. The average molecular weight is 261 g/mol. The quantitative estimate of drug-likeness (QED) is 0.529. The van der Waals surface area contributed by atoms with Gasteiger partial charge < -0.3 is 14.8 Å². The Morgan fingerprint density at radius 2 is 2.47 bits per heavy atom. The number of carbonyl (C=O) groups excluding carboxylic acids is 1. The third kappa shape index (κ3) is 5.75. The highest BCUT2D eigenvalue weighted by atomic mass is 32.2. The number of methoxy groups -OCH3 is 1. The van der Waals surface area contributed by atoms with Gasteiger partial charge in [-0.05, 0) is 37.7 Å². The van der Waals surface area contributed by atoms with Gasteiger partial charge in [-0.1, -0.05) is 0 Å². The summed E-state index contributed by atoms with van der Waals surface area (Å²) in [5.41, 5.74) is 0. The van der Waals surface area contributed by atoms with E-state index in [1.54, 1.807) is 11.8 Å². The first-order valence-electron chi connectivity index (χ1n) is 6.19. The molecule has 0 saturated carbocycles. The lowest BCUT2D eigenvalue weighted by atomic mass is 10.1. The second-order valence-corrected chi connectivity index (χ2v) is 5.24. The molecule has 0 amide bonds. The molecular weight excluding hydrogens is 238 g/mol. The van der Waals surface area contributed by atoms with Crippen LogP contribution in [0.1, 0.15) is 25.7 Å². The zero-order valence-electron chi connectivity index (χ0n) is 10.7. The summed E-state index contributed by atoms with van der Waals surface area (Å²) in [6.45, 7) is 1.60. The molecule has 1 aliphatic rings. The third-order valence-electron chi connectivity index (χ3n) is 2.94. The van der Waals surface area contributed by atoms with Crippen LogP contribution in [0.2, 0.25) is 0 Å². The molecule has 2 unspecified atom stereocenters. The summed E-state index contributed by atoms with van der Waals surface area (Å²) in [7, 11) is 1.44. The number of thioether (sulfide) groups is 1. The van der Waals surface area contributed by atoms with Crippen LogP contribution in [0.15, 0.2) is 0 Å². The van der Waals surface area contributed by atoms with Gasteiger partial charge in [0.2, 0.25) is 0 Å². The molecule has 0 radical (unpaired) electrons. The maximum atomic E-state index is 11.6. The van der Waals surface area contributed by atoms with Crippen LogP contribution in [0.25, 0.3) is 0 Å². The Kier molecular flexibility index (Phi) is 7.64. The first-order chi connectivity index (χ1) is 8.27. The second-order valence-electron chi connectivity index (χ2n) is 4.25. The molecule has 1 N–H and O–H groups in total. The van der Waals surface area contributed by atoms with Gasteiger partial charge in [0.15, 0.2) is 0 Å². The van der Waals surface area contributed by atoms with Crippen LogP contribution in [0, 0.1) is 0 Å². The van der Waals surface area contributed by atoms with E-state index in [0.717, 1.165) is 44.6 Å². The monoisotopic (exact) mass is 261 g/mol.